The third-order valence-corrected chi connectivity index (χ3v) is 3.24. The van der Waals surface area contributed by atoms with Gasteiger partial charge in [-0.3, -0.25) is 9.79 Å². The summed E-state index contributed by atoms with van der Waals surface area (Å²) in [6, 6.07) is 4.09. The molecule has 0 atom stereocenters. The minimum atomic E-state index is 0.108. The van der Waals surface area contributed by atoms with Crippen molar-refractivity contribution < 1.29 is 4.79 Å². The van der Waals surface area contributed by atoms with Gasteiger partial charge in [-0.05, 0) is 11.4 Å². The van der Waals surface area contributed by atoms with E-state index in [1.807, 2.05) is 11.4 Å². The first-order valence-electron chi connectivity index (χ1n) is 5.80. The van der Waals surface area contributed by atoms with Crippen LogP contribution in [0.4, 0.5) is 0 Å². The van der Waals surface area contributed by atoms with Crippen LogP contribution in [0.3, 0.4) is 0 Å². The molecule has 0 bridgehead atoms. The monoisotopic (exact) mass is 268 g/mol. The van der Waals surface area contributed by atoms with Crippen LogP contribution in [0.15, 0.2) is 22.5 Å². The molecule has 0 aromatic carbocycles. The Hall–Kier alpha value is -1.56. The first-order valence-corrected chi connectivity index (χ1v) is 6.68. The molecular formula is C12H20N4OS. The molecule has 100 valence electrons. The topological polar surface area (TPSA) is 56.7 Å². The molecule has 0 aliphatic heterocycles. The first kappa shape index (κ1) is 14.5. The van der Waals surface area contributed by atoms with E-state index in [-0.39, 0.29) is 5.91 Å². The molecule has 2 N–H and O–H groups in total. The zero-order valence-electron chi connectivity index (χ0n) is 11.1. The Labute approximate surface area is 112 Å². The van der Waals surface area contributed by atoms with Gasteiger partial charge in [0.25, 0.3) is 0 Å². The van der Waals surface area contributed by atoms with Crippen molar-refractivity contribution in [3.8, 4) is 0 Å². The number of guanidine groups is 1. The quantitative estimate of drug-likeness (QED) is 0.616. The summed E-state index contributed by atoms with van der Waals surface area (Å²) >= 11 is 1.70. The van der Waals surface area contributed by atoms with E-state index < -0.39 is 0 Å². The van der Waals surface area contributed by atoms with E-state index in [1.54, 1.807) is 37.4 Å². The zero-order valence-corrected chi connectivity index (χ0v) is 11.9. The fourth-order valence-corrected chi connectivity index (χ4v) is 1.96. The number of thiophene rings is 1. The van der Waals surface area contributed by atoms with Gasteiger partial charge in [0, 0.05) is 39.0 Å². The fraction of sp³-hybridized carbons (Fsp3) is 0.500. The van der Waals surface area contributed by atoms with Crippen LogP contribution in [0.2, 0.25) is 0 Å². The van der Waals surface area contributed by atoms with Crippen LogP contribution in [0, 0.1) is 0 Å². The highest BCUT2D eigenvalue weighted by Crippen LogP contribution is 2.06. The third kappa shape index (κ3) is 5.18. The molecule has 0 spiro atoms. The van der Waals surface area contributed by atoms with Gasteiger partial charge in [-0.15, -0.1) is 11.3 Å². The summed E-state index contributed by atoms with van der Waals surface area (Å²) in [5.74, 6) is 0.825. The van der Waals surface area contributed by atoms with Crippen molar-refractivity contribution in [3.05, 3.63) is 22.4 Å². The van der Waals surface area contributed by atoms with Crippen LogP contribution in [-0.4, -0.2) is 44.5 Å². The molecule has 0 saturated carbocycles. The number of hydrogen-bond acceptors (Lipinski definition) is 3. The maximum Gasteiger partial charge on any atom is 0.223 e. The number of rotatable bonds is 5. The van der Waals surface area contributed by atoms with Gasteiger partial charge in [-0.1, -0.05) is 6.07 Å². The van der Waals surface area contributed by atoms with E-state index in [1.165, 1.54) is 4.88 Å². The van der Waals surface area contributed by atoms with Crippen LogP contribution in [0.1, 0.15) is 11.3 Å². The molecule has 0 aliphatic rings. The van der Waals surface area contributed by atoms with Crippen molar-refractivity contribution in [2.45, 2.75) is 13.0 Å². The van der Waals surface area contributed by atoms with Crippen LogP contribution < -0.4 is 10.6 Å². The van der Waals surface area contributed by atoms with Crippen molar-refractivity contribution in [1.82, 2.24) is 15.5 Å². The number of aliphatic imine (C=N–C) groups is 1. The summed E-state index contributed by atoms with van der Waals surface area (Å²) < 4.78 is 0. The van der Waals surface area contributed by atoms with Crippen LogP contribution in [0.25, 0.3) is 0 Å². The SMILES string of the molecule is CN=C(NCCC(=O)N(C)C)NCc1cccs1. The Bertz CT molecular complexity index is 387. The molecule has 6 heteroatoms. The molecule has 1 heterocycles. The highest BCUT2D eigenvalue weighted by molar-refractivity contribution is 7.09. The molecule has 1 aromatic heterocycles. The lowest BCUT2D eigenvalue weighted by Crippen LogP contribution is -2.38. The normalized spacial score (nSPS) is 11.2. The summed E-state index contributed by atoms with van der Waals surface area (Å²) in [5.41, 5.74) is 0. The van der Waals surface area contributed by atoms with E-state index in [4.69, 9.17) is 0 Å². The number of nitrogens with one attached hydrogen (secondary N) is 2. The Morgan fingerprint density at radius 1 is 1.44 bits per heavy atom. The summed E-state index contributed by atoms with van der Waals surface area (Å²) in [6.45, 7) is 1.33. The maximum atomic E-state index is 11.4. The minimum Gasteiger partial charge on any atom is -0.356 e. The van der Waals surface area contributed by atoms with Crippen molar-refractivity contribution in [2.24, 2.45) is 4.99 Å². The molecule has 0 aliphatic carbocycles. The van der Waals surface area contributed by atoms with E-state index >= 15 is 0 Å². The van der Waals surface area contributed by atoms with Gasteiger partial charge in [0.05, 0.1) is 6.54 Å². The summed E-state index contributed by atoms with van der Waals surface area (Å²) in [4.78, 5) is 18.3. The second-order valence-corrected chi connectivity index (χ2v) is 5.00. The first-order chi connectivity index (χ1) is 8.63. The van der Waals surface area contributed by atoms with Crippen molar-refractivity contribution >= 4 is 23.2 Å². The molecule has 1 aromatic rings. The predicted octanol–water partition coefficient (Wildman–Crippen LogP) is 0.891. The molecular weight excluding hydrogens is 248 g/mol. The van der Waals surface area contributed by atoms with E-state index in [0.29, 0.717) is 13.0 Å². The van der Waals surface area contributed by atoms with E-state index in [9.17, 15) is 4.79 Å². The fourth-order valence-electron chi connectivity index (χ4n) is 1.32. The van der Waals surface area contributed by atoms with Gasteiger partial charge < -0.3 is 15.5 Å². The van der Waals surface area contributed by atoms with Gasteiger partial charge in [0.15, 0.2) is 5.96 Å². The molecule has 0 saturated heterocycles. The Morgan fingerprint density at radius 2 is 2.22 bits per heavy atom. The van der Waals surface area contributed by atoms with Crippen molar-refractivity contribution in [1.29, 1.82) is 0 Å². The molecule has 0 fully saturated rings. The lowest BCUT2D eigenvalue weighted by atomic mass is 10.4. The van der Waals surface area contributed by atoms with E-state index in [0.717, 1.165) is 12.5 Å². The Morgan fingerprint density at radius 3 is 2.78 bits per heavy atom. The number of carbonyl (C=O) groups is 1. The zero-order chi connectivity index (χ0) is 13.4. The molecule has 0 radical (unpaired) electrons. The van der Waals surface area contributed by atoms with Crippen molar-refractivity contribution in [2.75, 3.05) is 27.7 Å². The highest BCUT2D eigenvalue weighted by Gasteiger charge is 2.04. The number of nitrogens with zero attached hydrogens (tertiary/aromatic N) is 2. The smallest absolute Gasteiger partial charge is 0.223 e. The van der Waals surface area contributed by atoms with Gasteiger partial charge in [-0.2, -0.15) is 0 Å². The number of carbonyl (C=O) groups excluding carboxylic acids is 1. The van der Waals surface area contributed by atoms with Gasteiger partial charge >= 0.3 is 0 Å². The lowest BCUT2D eigenvalue weighted by Gasteiger charge is -2.13. The average molecular weight is 268 g/mol. The average Bonchev–Trinajstić information content (AvgIpc) is 2.86. The number of hydrogen-bond donors (Lipinski definition) is 2. The second-order valence-electron chi connectivity index (χ2n) is 3.97. The Balaban J connectivity index is 2.24. The summed E-state index contributed by atoms with van der Waals surface area (Å²) in [5, 5.41) is 8.36. The minimum absolute atomic E-state index is 0.108. The van der Waals surface area contributed by atoms with Crippen LogP contribution in [-0.2, 0) is 11.3 Å². The highest BCUT2D eigenvalue weighted by atomic mass is 32.1. The summed E-state index contributed by atoms with van der Waals surface area (Å²) in [7, 11) is 5.23. The lowest BCUT2D eigenvalue weighted by molar-refractivity contribution is -0.128. The standard InChI is InChI=1S/C12H20N4OS/c1-13-12(14-7-6-11(17)16(2)3)15-9-10-5-4-8-18-10/h4-5,8H,6-7,9H2,1-3H3,(H2,13,14,15). The summed E-state index contributed by atoms with van der Waals surface area (Å²) in [6.07, 6.45) is 0.465. The van der Waals surface area contributed by atoms with Gasteiger partial charge in [-0.25, -0.2) is 0 Å². The van der Waals surface area contributed by atoms with Crippen molar-refractivity contribution in [3.63, 3.8) is 0 Å². The van der Waals surface area contributed by atoms with Crippen LogP contribution in [0.5, 0.6) is 0 Å². The molecule has 1 amide bonds. The number of amides is 1. The Kier molecular flexibility index (Phi) is 6.21. The molecule has 5 nitrogen and oxygen atoms in total. The predicted molar refractivity (Wildman–Crippen MR) is 75.8 cm³/mol. The van der Waals surface area contributed by atoms with Gasteiger partial charge in [0.1, 0.15) is 0 Å². The van der Waals surface area contributed by atoms with Crippen LogP contribution >= 0.6 is 11.3 Å². The maximum absolute atomic E-state index is 11.4. The van der Waals surface area contributed by atoms with E-state index in [2.05, 4.69) is 21.7 Å². The molecule has 0 unspecified atom stereocenters. The molecule has 1 rings (SSSR count). The largest absolute Gasteiger partial charge is 0.356 e. The third-order valence-electron chi connectivity index (χ3n) is 2.36. The molecule has 18 heavy (non-hydrogen) atoms. The van der Waals surface area contributed by atoms with Gasteiger partial charge in [0.2, 0.25) is 5.91 Å². The second kappa shape index (κ2) is 7.71.